The van der Waals surface area contributed by atoms with Crippen molar-refractivity contribution < 1.29 is 18.0 Å². The van der Waals surface area contributed by atoms with E-state index in [4.69, 9.17) is 0 Å². The number of aromatic nitrogens is 2. The molecule has 0 aliphatic carbocycles. The zero-order chi connectivity index (χ0) is 19.6. The SMILES string of the molecule is Cc1nn(-c2ccccc2)c(C)c1CNC(=O)c1cccc(C(F)(F)F)c1. The number of halogens is 3. The molecule has 1 N–H and O–H groups in total. The van der Waals surface area contributed by atoms with Gasteiger partial charge in [-0.25, -0.2) is 4.68 Å². The van der Waals surface area contributed by atoms with E-state index in [9.17, 15) is 18.0 Å². The Labute approximate surface area is 154 Å². The van der Waals surface area contributed by atoms with E-state index in [1.807, 2.05) is 44.2 Å². The average molecular weight is 373 g/mol. The fourth-order valence-electron chi connectivity index (χ4n) is 2.86. The Morgan fingerprint density at radius 3 is 2.44 bits per heavy atom. The number of alkyl halides is 3. The lowest BCUT2D eigenvalue weighted by atomic mass is 10.1. The van der Waals surface area contributed by atoms with Crippen molar-refractivity contribution in [2.75, 3.05) is 0 Å². The normalized spacial score (nSPS) is 11.4. The van der Waals surface area contributed by atoms with Crippen LogP contribution in [0.3, 0.4) is 0 Å². The second kappa shape index (κ2) is 7.26. The molecular weight excluding hydrogens is 355 g/mol. The molecule has 0 spiro atoms. The molecule has 3 rings (SSSR count). The number of aryl methyl sites for hydroxylation is 1. The van der Waals surface area contributed by atoms with Crippen LogP contribution in [0.1, 0.15) is 32.9 Å². The Bertz CT molecular complexity index is 962. The molecule has 0 saturated carbocycles. The van der Waals surface area contributed by atoms with Crippen molar-refractivity contribution >= 4 is 5.91 Å². The zero-order valence-electron chi connectivity index (χ0n) is 14.8. The molecule has 4 nitrogen and oxygen atoms in total. The number of rotatable bonds is 4. The molecule has 1 amide bonds. The van der Waals surface area contributed by atoms with Gasteiger partial charge in [-0.15, -0.1) is 0 Å². The van der Waals surface area contributed by atoms with Gasteiger partial charge in [0.1, 0.15) is 0 Å². The summed E-state index contributed by atoms with van der Waals surface area (Å²) in [5.41, 5.74) is 2.46. The van der Waals surface area contributed by atoms with Crippen LogP contribution >= 0.6 is 0 Å². The van der Waals surface area contributed by atoms with E-state index in [1.165, 1.54) is 12.1 Å². The summed E-state index contributed by atoms with van der Waals surface area (Å²) >= 11 is 0. The van der Waals surface area contributed by atoms with Crippen molar-refractivity contribution in [3.63, 3.8) is 0 Å². The monoisotopic (exact) mass is 373 g/mol. The lowest BCUT2D eigenvalue weighted by Gasteiger charge is -2.10. The van der Waals surface area contributed by atoms with Crippen molar-refractivity contribution in [2.45, 2.75) is 26.6 Å². The molecule has 0 fully saturated rings. The molecular formula is C20H18F3N3O. The van der Waals surface area contributed by atoms with Crippen molar-refractivity contribution in [2.24, 2.45) is 0 Å². The summed E-state index contributed by atoms with van der Waals surface area (Å²) in [6, 6.07) is 13.9. The second-order valence-corrected chi connectivity index (χ2v) is 6.16. The molecule has 0 atom stereocenters. The first-order chi connectivity index (χ1) is 12.8. The maximum absolute atomic E-state index is 12.8. The molecule has 140 valence electrons. The van der Waals surface area contributed by atoms with Crippen LogP contribution in [0, 0.1) is 13.8 Å². The number of para-hydroxylation sites is 1. The number of amides is 1. The predicted octanol–water partition coefficient (Wildman–Crippen LogP) is 4.44. The third-order valence-corrected chi connectivity index (χ3v) is 4.32. The van der Waals surface area contributed by atoms with Crippen molar-refractivity contribution in [3.05, 3.63) is 82.7 Å². The molecule has 1 aromatic heterocycles. The van der Waals surface area contributed by atoms with Gasteiger partial charge in [-0.1, -0.05) is 24.3 Å². The van der Waals surface area contributed by atoms with Gasteiger partial charge in [0.05, 0.1) is 16.9 Å². The van der Waals surface area contributed by atoms with Gasteiger partial charge in [0.15, 0.2) is 0 Å². The highest BCUT2D eigenvalue weighted by Gasteiger charge is 2.30. The van der Waals surface area contributed by atoms with Crippen LogP contribution in [-0.4, -0.2) is 15.7 Å². The molecule has 27 heavy (non-hydrogen) atoms. The van der Waals surface area contributed by atoms with Gasteiger partial charge in [0.25, 0.3) is 5.91 Å². The molecule has 0 aliphatic heterocycles. The molecule has 2 aromatic carbocycles. The summed E-state index contributed by atoms with van der Waals surface area (Å²) in [6.07, 6.45) is -4.49. The topological polar surface area (TPSA) is 46.9 Å². The lowest BCUT2D eigenvalue weighted by molar-refractivity contribution is -0.137. The largest absolute Gasteiger partial charge is 0.416 e. The average Bonchev–Trinajstić information content (AvgIpc) is 2.94. The Morgan fingerprint density at radius 1 is 1.07 bits per heavy atom. The van der Waals surface area contributed by atoms with Gasteiger partial charge in [-0.2, -0.15) is 18.3 Å². The summed E-state index contributed by atoms with van der Waals surface area (Å²) < 4.78 is 40.2. The molecule has 0 saturated heterocycles. The van der Waals surface area contributed by atoms with Gasteiger partial charge in [0.2, 0.25) is 0 Å². The predicted molar refractivity (Wildman–Crippen MR) is 95.7 cm³/mol. The van der Waals surface area contributed by atoms with Gasteiger partial charge in [0, 0.05) is 23.4 Å². The highest BCUT2D eigenvalue weighted by molar-refractivity contribution is 5.94. The smallest absolute Gasteiger partial charge is 0.348 e. The van der Waals surface area contributed by atoms with E-state index in [2.05, 4.69) is 10.4 Å². The van der Waals surface area contributed by atoms with Gasteiger partial charge in [-0.05, 0) is 44.2 Å². The lowest BCUT2D eigenvalue weighted by Crippen LogP contribution is -2.24. The third kappa shape index (κ3) is 4.02. The van der Waals surface area contributed by atoms with Gasteiger partial charge < -0.3 is 5.32 Å². The van der Waals surface area contributed by atoms with E-state index in [1.54, 1.807) is 4.68 Å². The van der Waals surface area contributed by atoms with E-state index in [-0.39, 0.29) is 12.1 Å². The minimum absolute atomic E-state index is 0.0319. The third-order valence-electron chi connectivity index (χ3n) is 4.32. The van der Waals surface area contributed by atoms with Crippen LogP contribution in [0.4, 0.5) is 13.2 Å². The fraction of sp³-hybridized carbons (Fsp3) is 0.200. The van der Waals surface area contributed by atoms with Crippen LogP contribution in [0.5, 0.6) is 0 Å². The van der Waals surface area contributed by atoms with Crippen molar-refractivity contribution in [1.82, 2.24) is 15.1 Å². The van der Waals surface area contributed by atoms with E-state index >= 15 is 0 Å². The summed E-state index contributed by atoms with van der Waals surface area (Å²) in [5, 5.41) is 7.17. The first-order valence-corrected chi connectivity index (χ1v) is 8.33. The molecule has 0 radical (unpaired) electrons. The van der Waals surface area contributed by atoms with Crippen LogP contribution in [0.25, 0.3) is 5.69 Å². The molecule has 7 heteroatoms. The number of benzene rings is 2. The van der Waals surface area contributed by atoms with Gasteiger partial charge >= 0.3 is 6.18 Å². The van der Waals surface area contributed by atoms with E-state index < -0.39 is 17.6 Å². The maximum atomic E-state index is 12.8. The molecule has 3 aromatic rings. The van der Waals surface area contributed by atoms with Crippen LogP contribution in [0.15, 0.2) is 54.6 Å². The van der Waals surface area contributed by atoms with Gasteiger partial charge in [-0.3, -0.25) is 4.79 Å². The Kier molecular flexibility index (Phi) is 5.03. The summed E-state index contributed by atoms with van der Waals surface area (Å²) in [6.45, 7) is 3.90. The molecule has 0 unspecified atom stereocenters. The number of carbonyl (C=O) groups is 1. The summed E-state index contributed by atoms with van der Waals surface area (Å²) in [4.78, 5) is 12.3. The summed E-state index contributed by atoms with van der Waals surface area (Å²) in [7, 11) is 0. The second-order valence-electron chi connectivity index (χ2n) is 6.16. The standard InChI is InChI=1S/C20H18F3N3O/c1-13-18(14(2)26(25-13)17-9-4-3-5-10-17)12-24-19(27)15-7-6-8-16(11-15)20(21,22)23/h3-11H,12H2,1-2H3,(H,24,27). The minimum Gasteiger partial charge on any atom is -0.348 e. The van der Waals surface area contributed by atoms with E-state index in [0.29, 0.717) is 0 Å². The number of hydrogen-bond donors (Lipinski definition) is 1. The van der Waals surface area contributed by atoms with Crippen LogP contribution in [0.2, 0.25) is 0 Å². The molecule has 1 heterocycles. The highest BCUT2D eigenvalue weighted by Crippen LogP contribution is 2.29. The van der Waals surface area contributed by atoms with E-state index in [0.717, 1.165) is 34.8 Å². The fourth-order valence-corrected chi connectivity index (χ4v) is 2.86. The minimum atomic E-state index is -4.49. The molecule has 0 bridgehead atoms. The Balaban J connectivity index is 1.78. The van der Waals surface area contributed by atoms with Crippen molar-refractivity contribution in [3.8, 4) is 5.69 Å². The molecule has 0 aliphatic rings. The number of nitrogens with zero attached hydrogens (tertiary/aromatic N) is 2. The van der Waals surface area contributed by atoms with Crippen LogP contribution < -0.4 is 5.32 Å². The quantitative estimate of drug-likeness (QED) is 0.735. The summed E-state index contributed by atoms with van der Waals surface area (Å²) in [5.74, 6) is -0.563. The maximum Gasteiger partial charge on any atom is 0.416 e. The number of hydrogen-bond acceptors (Lipinski definition) is 2. The first-order valence-electron chi connectivity index (χ1n) is 8.33. The highest BCUT2D eigenvalue weighted by atomic mass is 19.4. The Hall–Kier alpha value is -3.09. The number of carbonyl (C=O) groups excluding carboxylic acids is 1. The van der Waals surface area contributed by atoms with Crippen molar-refractivity contribution in [1.29, 1.82) is 0 Å². The van der Waals surface area contributed by atoms with Crippen LogP contribution in [-0.2, 0) is 12.7 Å². The Morgan fingerprint density at radius 2 is 1.78 bits per heavy atom. The zero-order valence-corrected chi connectivity index (χ0v) is 14.8. The number of nitrogens with one attached hydrogen (secondary N) is 1. The first kappa shape index (κ1) is 18.7.